The molecule has 7 heteroatoms. The molecule has 2 aromatic heterocycles. The molecule has 1 aliphatic heterocycles. The van der Waals surface area contributed by atoms with Gasteiger partial charge in [0.1, 0.15) is 5.82 Å². The van der Waals surface area contributed by atoms with Gasteiger partial charge in [0.25, 0.3) is 0 Å². The number of urea groups is 1. The van der Waals surface area contributed by atoms with Gasteiger partial charge in [-0.05, 0) is 29.5 Å². The van der Waals surface area contributed by atoms with E-state index in [4.69, 9.17) is 4.74 Å². The summed E-state index contributed by atoms with van der Waals surface area (Å²) in [6.45, 7) is 1.29. The second-order valence-corrected chi connectivity index (χ2v) is 5.71. The maximum atomic E-state index is 12.2. The Morgan fingerprint density at radius 2 is 2.36 bits per heavy atom. The van der Waals surface area contributed by atoms with Crippen molar-refractivity contribution in [3.8, 4) is 6.01 Å². The Kier molecular flexibility index (Phi) is 4.34. The molecule has 0 spiro atoms. The van der Waals surface area contributed by atoms with E-state index in [2.05, 4.69) is 32.8 Å². The van der Waals surface area contributed by atoms with Gasteiger partial charge >= 0.3 is 12.0 Å². The van der Waals surface area contributed by atoms with Crippen molar-refractivity contribution in [3.63, 3.8) is 0 Å². The molecule has 0 aliphatic carbocycles. The van der Waals surface area contributed by atoms with Crippen LogP contribution in [0.3, 0.4) is 0 Å². The van der Waals surface area contributed by atoms with Crippen LogP contribution in [0, 0.1) is 0 Å². The second-order valence-electron chi connectivity index (χ2n) is 4.76. The van der Waals surface area contributed by atoms with E-state index in [1.54, 1.807) is 28.5 Å². The van der Waals surface area contributed by atoms with E-state index in [0.29, 0.717) is 18.9 Å². The number of nitrogens with zero attached hydrogens (tertiary/aromatic N) is 3. The Morgan fingerprint density at radius 1 is 1.45 bits per heavy atom. The fourth-order valence-corrected chi connectivity index (χ4v) is 3.03. The standard InChI is InChI=1S/C15H16N4O2S/c1-21-14-16-7-4-13(17-14)18-15(20)19-8-5-11(6-9-19)12-3-2-10-22-12/h2-5,7,10H,6,8-9H2,1H3,(H,16,17,18,20). The van der Waals surface area contributed by atoms with Crippen molar-refractivity contribution in [2.75, 3.05) is 25.5 Å². The number of nitrogens with one attached hydrogen (secondary N) is 1. The first-order valence-corrected chi connectivity index (χ1v) is 7.80. The smallest absolute Gasteiger partial charge is 0.323 e. The molecular weight excluding hydrogens is 300 g/mol. The maximum Gasteiger partial charge on any atom is 0.323 e. The lowest BCUT2D eigenvalue weighted by atomic mass is 10.1. The molecule has 2 aromatic rings. The molecule has 1 aliphatic rings. The van der Waals surface area contributed by atoms with E-state index in [1.165, 1.54) is 17.6 Å². The lowest BCUT2D eigenvalue weighted by Gasteiger charge is -2.26. The number of anilines is 1. The SMILES string of the molecule is COc1nccc(NC(=O)N2CC=C(c3cccs3)CC2)n1. The highest BCUT2D eigenvalue weighted by atomic mass is 32.1. The van der Waals surface area contributed by atoms with Crippen molar-refractivity contribution in [1.29, 1.82) is 0 Å². The van der Waals surface area contributed by atoms with Gasteiger partial charge < -0.3 is 9.64 Å². The van der Waals surface area contributed by atoms with E-state index < -0.39 is 0 Å². The van der Waals surface area contributed by atoms with E-state index in [1.807, 2.05) is 6.07 Å². The molecule has 0 saturated carbocycles. The summed E-state index contributed by atoms with van der Waals surface area (Å²) in [7, 11) is 1.49. The van der Waals surface area contributed by atoms with Crippen molar-refractivity contribution in [1.82, 2.24) is 14.9 Å². The van der Waals surface area contributed by atoms with E-state index >= 15 is 0 Å². The lowest BCUT2D eigenvalue weighted by molar-refractivity contribution is 0.217. The van der Waals surface area contributed by atoms with Gasteiger partial charge in [-0.2, -0.15) is 4.98 Å². The molecule has 2 amide bonds. The molecule has 0 unspecified atom stereocenters. The van der Waals surface area contributed by atoms with Crippen LogP contribution in [-0.4, -0.2) is 41.1 Å². The number of carbonyl (C=O) groups excluding carboxylic acids is 1. The Labute approximate surface area is 132 Å². The summed E-state index contributed by atoms with van der Waals surface area (Å²) in [5.74, 6) is 0.435. The summed E-state index contributed by atoms with van der Waals surface area (Å²) in [6.07, 6.45) is 4.52. The van der Waals surface area contributed by atoms with Crippen LogP contribution in [0.15, 0.2) is 35.9 Å². The van der Waals surface area contributed by atoms with E-state index in [0.717, 1.165) is 6.42 Å². The number of thiophene rings is 1. The summed E-state index contributed by atoms with van der Waals surface area (Å²) in [5.41, 5.74) is 1.31. The predicted molar refractivity (Wildman–Crippen MR) is 86.1 cm³/mol. The van der Waals surface area contributed by atoms with Crippen LogP contribution in [0.4, 0.5) is 10.6 Å². The van der Waals surface area contributed by atoms with E-state index in [-0.39, 0.29) is 12.0 Å². The fourth-order valence-electron chi connectivity index (χ4n) is 2.24. The van der Waals surface area contributed by atoms with Gasteiger partial charge in [-0.25, -0.2) is 9.78 Å². The quantitative estimate of drug-likeness (QED) is 0.945. The first-order valence-electron chi connectivity index (χ1n) is 6.92. The molecule has 0 bridgehead atoms. The van der Waals surface area contributed by atoms with Gasteiger partial charge in [0.05, 0.1) is 7.11 Å². The van der Waals surface area contributed by atoms with Crippen LogP contribution in [0.5, 0.6) is 6.01 Å². The molecule has 22 heavy (non-hydrogen) atoms. The maximum absolute atomic E-state index is 12.2. The van der Waals surface area contributed by atoms with Gasteiger partial charge in [0.15, 0.2) is 0 Å². The summed E-state index contributed by atoms with van der Waals surface area (Å²) in [6, 6.07) is 5.86. The van der Waals surface area contributed by atoms with Gasteiger partial charge in [-0.15, -0.1) is 11.3 Å². The Balaban J connectivity index is 1.62. The zero-order valence-electron chi connectivity index (χ0n) is 12.2. The highest BCUT2D eigenvalue weighted by Crippen LogP contribution is 2.26. The lowest BCUT2D eigenvalue weighted by Crippen LogP contribution is -2.38. The topological polar surface area (TPSA) is 67.3 Å². The van der Waals surface area contributed by atoms with Gasteiger partial charge in [-0.1, -0.05) is 12.1 Å². The number of carbonyl (C=O) groups is 1. The van der Waals surface area contributed by atoms with Crippen LogP contribution < -0.4 is 10.1 Å². The molecule has 3 rings (SSSR count). The molecule has 114 valence electrons. The normalized spacial score (nSPS) is 14.4. The minimum absolute atomic E-state index is 0.165. The number of aromatic nitrogens is 2. The number of rotatable bonds is 3. The molecule has 1 N–H and O–H groups in total. The predicted octanol–water partition coefficient (Wildman–Crippen LogP) is 2.87. The monoisotopic (exact) mass is 316 g/mol. The van der Waals surface area contributed by atoms with Gasteiger partial charge in [0.2, 0.25) is 0 Å². The Hall–Kier alpha value is -2.41. The fraction of sp³-hybridized carbons (Fsp3) is 0.267. The molecule has 3 heterocycles. The van der Waals surface area contributed by atoms with Gasteiger partial charge in [0, 0.05) is 24.2 Å². The van der Waals surface area contributed by atoms with Crippen LogP contribution in [0.2, 0.25) is 0 Å². The van der Waals surface area contributed by atoms with Crippen molar-refractivity contribution < 1.29 is 9.53 Å². The minimum Gasteiger partial charge on any atom is -0.467 e. The van der Waals surface area contributed by atoms with Gasteiger partial charge in [-0.3, -0.25) is 5.32 Å². The highest BCUT2D eigenvalue weighted by Gasteiger charge is 2.18. The van der Waals surface area contributed by atoms with Crippen molar-refractivity contribution in [2.45, 2.75) is 6.42 Å². The zero-order chi connectivity index (χ0) is 15.4. The van der Waals surface area contributed by atoms with Crippen LogP contribution in [0.25, 0.3) is 5.57 Å². The minimum atomic E-state index is -0.165. The molecule has 0 fully saturated rings. The summed E-state index contributed by atoms with van der Waals surface area (Å²) in [4.78, 5) is 23.3. The number of hydrogen-bond donors (Lipinski definition) is 1. The highest BCUT2D eigenvalue weighted by molar-refractivity contribution is 7.11. The first-order chi connectivity index (χ1) is 10.8. The van der Waals surface area contributed by atoms with Crippen molar-refractivity contribution in [3.05, 3.63) is 40.7 Å². The number of ether oxygens (including phenoxy) is 1. The molecule has 0 radical (unpaired) electrons. The Bertz CT molecular complexity index is 685. The first kappa shape index (κ1) is 14.5. The Morgan fingerprint density at radius 3 is 3.05 bits per heavy atom. The molecule has 0 aromatic carbocycles. The third-order valence-electron chi connectivity index (χ3n) is 3.39. The third-order valence-corrected chi connectivity index (χ3v) is 4.33. The second kappa shape index (κ2) is 6.57. The van der Waals surface area contributed by atoms with E-state index in [9.17, 15) is 4.79 Å². The third kappa shape index (κ3) is 3.25. The summed E-state index contributed by atoms with van der Waals surface area (Å²) >= 11 is 1.73. The number of methoxy groups -OCH3 is 1. The van der Waals surface area contributed by atoms with Crippen molar-refractivity contribution in [2.24, 2.45) is 0 Å². The molecule has 0 atom stereocenters. The number of amides is 2. The van der Waals surface area contributed by atoms with Crippen LogP contribution in [0.1, 0.15) is 11.3 Å². The largest absolute Gasteiger partial charge is 0.467 e. The van der Waals surface area contributed by atoms with Crippen LogP contribution in [-0.2, 0) is 0 Å². The molecular formula is C15H16N4O2S. The molecule has 6 nitrogen and oxygen atoms in total. The summed E-state index contributed by atoms with van der Waals surface area (Å²) in [5, 5.41) is 4.83. The zero-order valence-corrected chi connectivity index (χ0v) is 13.0. The van der Waals surface area contributed by atoms with Crippen LogP contribution >= 0.6 is 11.3 Å². The molecule has 0 saturated heterocycles. The van der Waals surface area contributed by atoms with Crippen molar-refractivity contribution >= 4 is 28.8 Å². The average Bonchev–Trinajstić information content (AvgIpc) is 3.09. The summed E-state index contributed by atoms with van der Waals surface area (Å²) < 4.78 is 4.94. The average molecular weight is 316 g/mol. The number of hydrogen-bond acceptors (Lipinski definition) is 5.